The van der Waals surface area contributed by atoms with Gasteiger partial charge in [-0.1, -0.05) is 18.2 Å². The van der Waals surface area contributed by atoms with Gasteiger partial charge >= 0.3 is 5.97 Å². The molecule has 0 aliphatic heterocycles. The van der Waals surface area contributed by atoms with Gasteiger partial charge in [-0.3, -0.25) is 0 Å². The molecule has 0 saturated carbocycles. The average Bonchev–Trinajstić information content (AvgIpc) is 2.81. The number of hydrogen-bond acceptors (Lipinski definition) is 4. The van der Waals surface area contributed by atoms with E-state index in [4.69, 9.17) is 10.5 Å². The molecule has 1 aromatic carbocycles. The number of nitrogen functional groups attached to an aromatic ring is 1. The Morgan fingerprint density at radius 1 is 1.31 bits per heavy atom. The molecule has 2 rings (SSSR count). The van der Waals surface area contributed by atoms with Crippen LogP contribution >= 0.6 is 11.3 Å². The van der Waals surface area contributed by atoms with Crippen LogP contribution in [0, 0.1) is 0 Å². The molecule has 0 radical (unpaired) electrons. The van der Waals surface area contributed by atoms with Crippen molar-refractivity contribution in [2.75, 3.05) is 12.8 Å². The second-order valence-corrected chi connectivity index (χ2v) is 4.19. The Hall–Kier alpha value is -1.81. The number of carbonyl (C=O) groups excluding carboxylic acids is 1. The minimum absolute atomic E-state index is 0.401. The summed E-state index contributed by atoms with van der Waals surface area (Å²) in [6, 6.07) is 9.28. The van der Waals surface area contributed by atoms with Crippen molar-refractivity contribution < 1.29 is 9.53 Å². The van der Waals surface area contributed by atoms with E-state index >= 15 is 0 Å². The summed E-state index contributed by atoms with van der Waals surface area (Å²) >= 11 is 1.56. The Labute approximate surface area is 97.5 Å². The van der Waals surface area contributed by atoms with Gasteiger partial charge in [0.25, 0.3) is 0 Å². The Bertz CT molecular complexity index is 506. The third-order valence-electron chi connectivity index (χ3n) is 2.27. The number of methoxy groups -OCH3 is 1. The summed E-state index contributed by atoms with van der Waals surface area (Å²) in [5.74, 6) is -0.401. The van der Waals surface area contributed by atoms with Gasteiger partial charge < -0.3 is 10.5 Å². The Kier molecular flexibility index (Phi) is 2.92. The highest BCUT2D eigenvalue weighted by molar-refractivity contribution is 7.13. The highest BCUT2D eigenvalue weighted by Crippen LogP contribution is 2.31. The molecule has 0 aliphatic rings. The van der Waals surface area contributed by atoms with Crippen LogP contribution in [-0.2, 0) is 4.74 Å². The van der Waals surface area contributed by atoms with E-state index in [1.807, 2.05) is 29.6 Å². The quantitative estimate of drug-likeness (QED) is 0.641. The van der Waals surface area contributed by atoms with Crippen molar-refractivity contribution >= 4 is 23.0 Å². The Balaban J connectivity index is 2.62. The van der Waals surface area contributed by atoms with E-state index in [-0.39, 0.29) is 0 Å². The largest absolute Gasteiger partial charge is 0.465 e. The van der Waals surface area contributed by atoms with Crippen LogP contribution in [0.2, 0.25) is 0 Å². The van der Waals surface area contributed by atoms with E-state index in [1.54, 1.807) is 17.4 Å². The fraction of sp³-hybridized carbons (Fsp3) is 0.0833. The summed E-state index contributed by atoms with van der Waals surface area (Å²) in [6.07, 6.45) is 0. The molecule has 16 heavy (non-hydrogen) atoms. The number of carbonyl (C=O) groups is 1. The van der Waals surface area contributed by atoms with Crippen molar-refractivity contribution in [3.05, 3.63) is 41.3 Å². The molecule has 4 heteroatoms. The van der Waals surface area contributed by atoms with Gasteiger partial charge in [0.15, 0.2) is 0 Å². The molecule has 1 heterocycles. The number of ether oxygens (including phenoxy) is 1. The lowest BCUT2D eigenvalue weighted by atomic mass is 10.0. The highest BCUT2D eigenvalue weighted by atomic mass is 32.1. The fourth-order valence-electron chi connectivity index (χ4n) is 1.54. The summed E-state index contributed by atoms with van der Waals surface area (Å²) in [6.45, 7) is 0. The fourth-order valence-corrected chi connectivity index (χ4v) is 2.30. The molecule has 2 aromatic rings. The topological polar surface area (TPSA) is 52.3 Å². The smallest absolute Gasteiger partial charge is 0.340 e. The maximum Gasteiger partial charge on any atom is 0.340 e. The summed E-state index contributed by atoms with van der Waals surface area (Å²) in [5.41, 5.74) is 7.51. The number of thiophene rings is 1. The maximum atomic E-state index is 11.7. The monoisotopic (exact) mass is 233 g/mol. The van der Waals surface area contributed by atoms with Crippen molar-refractivity contribution in [1.29, 1.82) is 0 Å². The molecule has 0 unspecified atom stereocenters. The zero-order chi connectivity index (χ0) is 11.5. The molecule has 0 aliphatic carbocycles. The van der Waals surface area contributed by atoms with Crippen LogP contribution in [0.15, 0.2) is 35.7 Å². The van der Waals surface area contributed by atoms with Crippen LogP contribution in [0.4, 0.5) is 5.69 Å². The van der Waals surface area contributed by atoms with Gasteiger partial charge in [-0.05, 0) is 17.5 Å². The van der Waals surface area contributed by atoms with Gasteiger partial charge in [-0.2, -0.15) is 0 Å². The predicted octanol–water partition coefficient (Wildman–Crippen LogP) is 2.78. The van der Waals surface area contributed by atoms with E-state index in [1.165, 1.54) is 7.11 Å². The van der Waals surface area contributed by atoms with Crippen LogP contribution in [-0.4, -0.2) is 13.1 Å². The molecule has 0 saturated heterocycles. The summed E-state index contributed by atoms with van der Waals surface area (Å²) in [5, 5.41) is 1.96. The lowest BCUT2D eigenvalue weighted by Crippen LogP contribution is -2.07. The molecular formula is C12H11NO2S. The minimum atomic E-state index is -0.401. The van der Waals surface area contributed by atoms with Gasteiger partial charge in [-0.15, -0.1) is 11.3 Å². The number of benzene rings is 1. The lowest BCUT2D eigenvalue weighted by Gasteiger charge is -2.08. The van der Waals surface area contributed by atoms with Crippen molar-refractivity contribution in [3.8, 4) is 10.4 Å². The van der Waals surface area contributed by atoms with E-state index in [9.17, 15) is 4.79 Å². The molecule has 82 valence electrons. The van der Waals surface area contributed by atoms with Crippen molar-refractivity contribution in [2.24, 2.45) is 0 Å². The predicted molar refractivity (Wildman–Crippen MR) is 65.5 cm³/mol. The first-order valence-corrected chi connectivity index (χ1v) is 5.62. The maximum absolute atomic E-state index is 11.7. The standard InChI is InChI=1S/C12H11NO2S/c1-15-12(14)11-8(4-2-5-9(11)13)10-6-3-7-16-10/h2-7H,13H2,1H3. The number of anilines is 1. The molecule has 0 amide bonds. The third kappa shape index (κ3) is 1.79. The molecule has 0 bridgehead atoms. The SMILES string of the molecule is COC(=O)c1c(N)cccc1-c1cccs1. The van der Waals surface area contributed by atoms with Crippen molar-refractivity contribution in [2.45, 2.75) is 0 Å². The summed E-state index contributed by atoms with van der Waals surface area (Å²) in [7, 11) is 1.35. The second-order valence-electron chi connectivity index (χ2n) is 3.24. The number of hydrogen-bond donors (Lipinski definition) is 1. The van der Waals surface area contributed by atoms with Crippen LogP contribution in [0.1, 0.15) is 10.4 Å². The van der Waals surface area contributed by atoms with E-state index in [0.29, 0.717) is 11.3 Å². The van der Waals surface area contributed by atoms with Crippen molar-refractivity contribution in [1.82, 2.24) is 0 Å². The first kappa shape index (κ1) is 10.7. The first-order chi connectivity index (χ1) is 7.74. The third-order valence-corrected chi connectivity index (χ3v) is 3.18. The van der Waals surface area contributed by atoms with Crippen LogP contribution in [0.25, 0.3) is 10.4 Å². The highest BCUT2D eigenvalue weighted by Gasteiger charge is 2.16. The van der Waals surface area contributed by atoms with Gasteiger partial charge in [0.05, 0.1) is 12.7 Å². The zero-order valence-electron chi connectivity index (χ0n) is 8.77. The summed E-state index contributed by atoms with van der Waals surface area (Å²) in [4.78, 5) is 12.7. The molecule has 0 spiro atoms. The molecule has 2 N–H and O–H groups in total. The molecule has 3 nitrogen and oxygen atoms in total. The average molecular weight is 233 g/mol. The van der Waals surface area contributed by atoms with Gasteiger partial charge in [0.2, 0.25) is 0 Å². The van der Waals surface area contributed by atoms with Gasteiger partial charge in [0, 0.05) is 16.1 Å². The van der Waals surface area contributed by atoms with Crippen LogP contribution in [0.3, 0.4) is 0 Å². The normalized spacial score (nSPS) is 10.1. The minimum Gasteiger partial charge on any atom is -0.465 e. The lowest BCUT2D eigenvalue weighted by molar-refractivity contribution is 0.0603. The summed E-state index contributed by atoms with van der Waals surface area (Å²) < 4.78 is 4.74. The van der Waals surface area contributed by atoms with Gasteiger partial charge in [-0.25, -0.2) is 4.79 Å². The number of esters is 1. The Morgan fingerprint density at radius 3 is 2.75 bits per heavy atom. The molecule has 0 atom stereocenters. The van der Waals surface area contributed by atoms with E-state index in [0.717, 1.165) is 10.4 Å². The van der Waals surface area contributed by atoms with Crippen LogP contribution < -0.4 is 5.73 Å². The Morgan fingerprint density at radius 2 is 2.12 bits per heavy atom. The second kappa shape index (κ2) is 4.37. The van der Waals surface area contributed by atoms with Gasteiger partial charge in [0.1, 0.15) is 0 Å². The van der Waals surface area contributed by atoms with Crippen LogP contribution in [0.5, 0.6) is 0 Å². The van der Waals surface area contributed by atoms with E-state index < -0.39 is 5.97 Å². The number of nitrogens with two attached hydrogens (primary N) is 1. The first-order valence-electron chi connectivity index (χ1n) is 4.74. The zero-order valence-corrected chi connectivity index (χ0v) is 9.58. The van der Waals surface area contributed by atoms with E-state index in [2.05, 4.69) is 0 Å². The number of rotatable bonds is 2. The molecular weight excluding hydrogens is 222 g/mol. The molecule has 0 fully saturated rings. The molecule has 1 aromatic heterocycles. The van der Waals surface area contributed by atoms with Crippen molar-refractivity contribution in [3.63, 3.8) is 0 Å².